The third kappa shape index (κ3) is 4.15. The Labute approximate surface area is 176 Å². The minimum absolute atomic E-state index is 0.0789. The van der Waals surface area contributed by atoms with E-state index in [0.717, 1.165) is 36.5 Å². The maximum absolute atomic E-state index is 13.3. The Bertz CT molecular complexity index is 1020. The number of anilines is 1. The topological polar surface area (TPSA) is 68.1 Å². The number of benzene rings is 1. The van der Waals surface area contributed by atoms with Gasteiger partial charge in [0.15, 0.2) is 5.65 Å². The van der Waals surface area contributed by atoms with Crippen LogP contribution in [0.1, 0.15) is 33.5 Å². The summed E-state index contributed by atoms with van der Waals surface area (Å²) >= 11 is 0. The Kier molecular flexibility index (Phi) is 5.46. The van der Waals surface area contributed by atoms with Crippen LogP contribution in [0.2, 0.25) is 0 Å². The van der Waals surface area contributed by atoms with Crippen LogP contribution in [0.5, 0.6) is 0 Å². The number of aryl methyl sites for hydroxylation is 1. The minimum atomic E-state index is -0.280. The van der Waals surface area contributed by atoms with Gasteiger partial charge in [0.2, 0.25) is 0 Å². The van der Waals surface area contributed by atoms with Crippen LogP contribution in [-0.4, -0.2) is 62.0 Å². The molecule has 1 N–H and O–H groups in total. The van der Waals surface area contributed by atoms with Gasteiger partial charge in [-0.2, -0.15) is 5.10 Å². The molecule has 4 rings (SSSR count). The second kappa shape index (κ2) is 7.92. The van der Waals surface area contributed by atoms with Crippen molar-refractivity contribution < 1.29 is 9.13 Å². The Balaban J connectivity index is 1.59. The summed E-state index contributed by atoms with van der Waals surface area (Å²) < 4.78 is 20.9. The number of ether oxygens (including phenoxy) is 1. The summed E-state index contributed by atoms with van der Waals surface area (Å²) in [5.74, 6) is 1.13. The molecule has 0 amide bonds. The van der Waals surface area contributed by atoms with Crippen molar-refractivity contribution in [1.82, 2.24) is 24.6 Å². The fourth-order valence-corrected chi connectivity index (χ4v) is 4.01. The zero-order valence-corrected chi connectivity index (χ0v) is 18.2. The average Bonchev–Trinajstić information content (AvgIpc) is 3.10. The molecule has 0 saturated carbocycles. The van der Waals surface area contributed by atoms with E-state index in [4.69, 9.17) is 4.74 Å². The molecule has 1 saturated heterocycles. The van der Waals surface area contributed by atoms with Crippen molar-refractivity contribution in [3.05, 3.63) is 42.1 Å². The molecule has 1 aliphatic heterocycles. The molecule has 160 valence electrons. The average molecular weight is 413 g/mol. The second-order valence-corrected chi connectivity index (χ2v) is 8.72. The molecule has 30 heavy (non-hydrogen) atoms. The van der Waals surface area contributed by atoms with E-state index in [0.29, 0.717) is 11.5 Å². The molecule has 1 aliphatic rings. The van der Waals surface area contributed by atoms with Crippen molar-refractivity contribution in [2.75, 3.05) is 25.0 Å². The summed E-state index contributed by atoms with van der Waals surface area (Å²) in [5.41, 5.74) is 1.37. The Morgan fingerprint density at radius 2 is 1.80 bits per heavy atom. The molecule has 2 atom stereocenters. The minimum Gasteiger partial charge on any atom is -0.373 e. The Hall–Kier alpha value is -2.58. The number of halogens is 1. The fraction of sp³-hybridized carbons (Fsp3) is 0.500. The smallest absolute Gasteiger partial charge is 0.168 e. The van der Waals surface area contributed by atoms with Crippen molar-refractivity contribution in [1.29, 1.82) is 0 Å². The normalized spacial score (nSPS) is 20.6. The highest BCUT2D eigenvalue weighted by Crippen LogP contribution is 2.26. The molecule has 0 unspecified atom stereocenters. The summed E-state index contributed by atoms with van der Waals surface area (Å²) in [6, 6.07) is 6.22. The molecule has 1 fully saturated rings. The van der Waals surface area contributed by atoms with Gasteiger partial charge in [-0.1, -0.05) is 0 Å². The number of hydrogen-bond donors (Lipinski definition) is 1. The highest BCUT2D eigenvalue weighted by atomic mass is 19.1. The van der Waals surface area contributed by atoms with Gasteiger partial charge in [0, 0.05) is 25.2 Å². The predicted molar refractivity (Wildman–Crippen MR) is 116 cm³/mol. The van der Waals surface area contributed by atoms with Crippen LogP contribution in [0.3, 0.4) is 0 Å². The van der Waals surface area contributed by atoms with Gasteiger partial charge in [0.25, 0.3) is 0 Å². The lowest BCUT2D eigenvalue weighted by atomic mass is 10.00. The first-order chi connectivity index (χ1) is 14.2. The summed E-state index contributed by atoms with van der Waals surface area (Å²) in [4.78, 5) is 11.7. The summed E-state index contributed by atoms with van der Waals surface area (Å²) in [6.45, 7) is 13.1. The van der Waals surface area contributed by atoms with Gasteiger partial charge in [-0.15, -0.1) is 0 Å². The van der Waals surface area contributed by atoms with E-state index in [1.807, 2.05) is 6.92 Å². The standard InChI is InChI=1S/C22H29FN6O/c1-14-11-28(12-15(2)30-14)22(4,5)13-24-20-19-10-25-29(21(19)27-16(3)26-20)18-8-6-17(23)7-9-18/h6-10,14-15H,11-13H2,1-5H3,(H,24,26,27)/t14-,15+. The third-order valence-electron chi connectivity index (χ3n) is 5.58. The van der Waals surface area contributed by atoms with Crippen LogP contribution in [0.4, 0.5) is 10.2 Å². The van der Waals surface area contributed by atoms with Gasteiger partial charge < -0.3 is 10.1 Å². The van der Waals surface area contributed by atoms with E-state index in [9.17, 15) is 4.39 Å². The SMILES string of the molecule is Cc1nc(NCC(C)(C)N2C[C@@H](C)O[C@@H](C)C2)c2cnn(-c3ccc(F)cc3)c2n1. The Morgan fingerprint density at radius 1 is 1.13 bits per heavy atom. The monoisotopic (exact) mass is 412 g/mol. The zero-order chi connectivity index (χ0) is 21.5. The van der Waals surface area contributed by atoms with E-state index < -0.39 is 0 Å². The molecule has 8 heteroatoms. The number of aromatic nitrogens is 4. The second-order valence-electron chi connectivity index (χ2n) is 8.72. The quantitative estimate of drug-likeness (QED) is 0.691. The molecule has 0 aliphatic carbocycles. The molecule has 3 aromatic rings. The van der Waals surface area contributed by atoms with Crippen molar-refractivity contribution in [3.63, 3.8) is 0 Å². The van der Waals surface area contributed by atoms with E-state index in [-0.39, 0.29) is 23.6 Å². The Morgan fingerprint density at radius 3 is 2.47 bits per heavy atom. The van der Waals surface area contributed by atoms with Gasteiger partial charge in [0.1, 0.15) is 17.5 Å². The molecule has 0 radical (unpaired) electrons. The van der Waals surface area contributed by atoms with Gasteiger partial charge in [-0.3, -0.25) is 4.90 Å². The van der Waals surface area contributed by atoms with Crippen LogP contribution < -0.4 is 5.32 Å². The first kappa shape index (κ1) is 20.7. The molecule has 0 bridgehead atoms. The third-order valence-corrected chi connectivity index (χ3v) is 5.58. The van der Waals surface area contributed by atoms with Crippen LogP contribution in [-0.2, 0) is 4.74 Å². The lowest BCUT2D eigenvalue weighted by molar-refractivity contribution is -0.0933. The van der Waals surface area contributed by atoms with Gasteiger partial charge in [0.05, 0.1) is 29.5 Å². The molecule has 3 heterocycles. The maximum Gasteiger partial charge on any atom is 0.168 e. The molecule has 1 aromatic carbocycles. The number of hydrogen-bond acceptors (Lipinski definition) is 6. The first-order valence-electron chi connectivity index (χ1n) is 10.4. The highest BCUT2D eigenvalue weighted by molar-refractivity contribution is 5.87. The first-order valence-corrected chi connectivity index (χ1v) is 10.4. The van der Waals surface area contributed by atoms with Crippen molar-refractivity contribution in [2.24, 2.45) is 0 Å². The number of morpholine rings is 1. The molecular formula is C22H29FN6O. The van der Waals surface area contributed by atoms with Crippen molar-refractivity contribution >= 4 is 16.9 Å². The number of fused-ring (bicyclic) bond motifs is 1. The number of nitrogens with zero attached hydrogens (tertiary/aromatic N) is 5. The van der Waals surface area contributed by atoms with E-state index >= 15 is 0 Å². The van der Waals surface area contributed by atoms with Crippen LogP contribution in [0.15, 0.2) is 30.5 Å². The van der Waals surface area contributed by atoms with Gasteiger partial charge in [-0.05, 0) is 58.9 Å². The molecule has 7 nitrogen and oxygen atoms in total. The largest absolute Gasteiger partial charge is 0.373 e. The van der Waals surface area contributed by atoms with Crippen molar-refractivity contribution in [2.45, 2.75) is 52.4 Å². The van der Waals surface area contributed by atoms with Gasteiger partial charge >= 0.3 is 0 Å². The van der Waals surface area contributed by atoms with Crippen molar-refractivity contribution in [3.8, 4) is 5.69 Å². The lowest BCUT2D eigenvalue weighted by Gasteiger charge is -2.45. The van der Waals surface area contributed by atoms with Crippen LogP contribution in [0, 0.1) is 12.7 Å². The van der Waals surface area contributed by atoms with E-state index in [2.05, 4.69) is 53.0 Å². The van der Waals surface area contributed by atoms with E-state index in [1.165, 1.54) is 12.1 Å². The number of nitrogens with one attached hydrogen (secondary N) is 1. The number of rotatable bonds is 5. The zero-order valence-electron chi connectivity index (χ0n) is 18.2. The lowest BCUT2D eigenvalue weighted by Crippen LogP contribution is -2.57. The molecule has 0 spiro atoms. The van der Waals surface area contributed by atoms with Gasteiger partial charge in [-0.25, -0.2) is 19.0 Å². The molecule has 2 aromatic heterocycles. The summed E-state index contributed by atoms with van der Waals surface area (Å²) in [5, 5.41) is 8.84. The summed E-state index contributed by atoms with van der Waals surface area (Å²) in [6.07, 6.45) is 2.19. The predicted octanol–water partition coefficient (Wildman–Crippen LogP) is 3.56. The molecular weight excluding hydrogens is 383 g/mol. The van der Waals surface area contributed by atoms with Crippen LogP contribution >= 0.6 is 0 Å². The highest BCUT2D eigenvalue weighted by Gasteiger charge is 2.33. The maximum atomic E-state index is 13.3. The van der Waals surface area contributed by atoms with E-state index in [1.54, 1.807) is 23.0 Å². The fourth-order valence-electron chi connectivity index (χ4n) is 4.01. The van der Waals surface area contributed by atoms with Crippen LogP contribution in [0.25, 0.3) is 16.7 Å². The summed E-state index contributed by atoms with van der Waals surface area (Å²) in [7, 11) is 0.